The molecule has 10 heteroatoms. The lowest BCUT2D eigenvalue weighted by atomic mass is 9.78. The molecule has 2 unspecified atom stereocenters. The van der Waals surface area contributed by atoms with Gasteiger partial charge in [0, 0.05) is 45.7 Å². The summed E-state index contributed by atoms with van der Waals surface area (Å²) in [6, 6.07) is 34.7. The van der Waals surface area contributed by atoms with Gasteiger partial charge in [0.2, 0.25) is 0 Å². The molecule has 0 saturated carbocycles. The molecule has 0 aromatic heterocycles. The molecule has 0 aliphatic carbocycles. The van der Waals surface area contributed by atoms with Crippen LogP contribution < -0.4 is 18.9 Å². The number of unbranched alkanes of at least 4 members (excludes halogenated alkanes) is 2. The molecule has 4 aromatic rings. The Morgan fingerprint density at radius 1 is 0.473 bits per heavy atom. The number of carbonyl (C=O) groups excluding carboxylic acids is 2. The van der Waals surface area contributed by atoms with Crippen molar-refractivity contribution in [2.75, 3.05) is 53.9 Å². The van der Waals surface area contributed by atoms with E-state index in [2.05, 4.69) is 13.8 Å². The number of hydrogen-bond acceptors (Lipinski definition) is 10. The molecule has 0 radical (unpaired) electrons. The van der Waals surface area contributed by atoms with Crippen LogP contribution in [0.4, 0.5) is 0 Å². The van der Waals surface area contributed by atoms with Crippen molar-refractivity contribution in [3.05, 3.63) is 120 Å². The molecular formula is C45H56O10. The van der Waals surface area contributed by atoms with Crippen LogP contribution in [0.3, 0.4) is 0 Å². The monoisotopic (exact) mass is 756 g/mol. The SMILES string of the molecule is COCCCCC(=O)OC(COc1ccccc1)COc1ccc(C(C)(C)c2ccc(OCC(COc3ccccc3)OC(=O)CCCCOC)cc2)cc1. The van der Waals surface area contributed by atoms with Gasteiger partial charge in [0.25, 0.3) is 0 Å². The molecule has 0 saturated heterocycles. The predicted octanol–water partition coefficient (Wildman–Crippen LogP) is 8.39. The van der Waals surface area contributed by atoms with Crippen LogP contribution in [-0.4, -0.2) is 78.0 Å². The summed E-state index contributed by atoms with van der Waals surface area (Å²) in [5.41, 5.74) is 1.86. The van der Waals surface area contributed by atoms with E-state index < -0.39 is 12.2 Å². The highest BCUT2D eigenvalue weighted by Crippen LogP contribution is 2.33. The molecule has 4 rings (SSSR count). The molecule has 4 aromatic carbocycles. The Bertz CT molecular complexity index is 1520. The first kappa shape index (κ1) is 42.7. The van der Waals surface area contributed by atoms with Crippen molar-refractivity contribution in [3.8, 4) is 23.0 Å². The van der Waals surface area contributed by atoms with Gasteiger partial charge in [0.05, 0.1) is 0 Å². The van der Waals surface area contributed by atoms with Crippen LogP contribution in [0.1, 0.15) is 63.5 Å². The molecule has 0 aliphatic rings. The third kappa shape index (κ3) is 15.7. The van der Waals surface area contributed by atoms with Crippen LogP contribution >= 0.6 is 0 Å². The first-order valence-corrected chi connectivity index (χ1v) is 19.0. The molecule has 296 valence electrons. The highest BCUT2D eigenvalue weighted by Gasteiger charge is 2.24. The van der Waals surface area contributed by atoms with Gasteiger partial charge < -0.3 is 37.9 Å². The van der Waals surface area contributed by atoms with Gasteiger partial charge in [-0.15, -0.1) is 0 Å². The quantitative estimate of drug-likeness (QED) is 0.0458. The molecule has 0 aliphatic heterocycles. The van der Waals surface area contributed by atoms with Crippen molar-refractivity contribution < 1.29 is 47.5 Å². The minimum Gasteiger partial charge on any atom is -0.490 e. The first-order chi connectivity index (χ1) is 26.8. The lowest BCUT2D eigenvalue weighted by molar-refractivity contribution is -0.153. The molecule has 0 N–H and O–H groups in total. The van der Waals surface area contributed by atoms with E-state index in [-0.39, 0.29) is 43.8 Å². The zero-order valence-corrected chi connectivity index (χ0v) is 32.6. The lowest BCUT2D eigenvalue weighted by Crippen LogP contribution is -2.31. The molecule has 0 fully saturated rings. The van der Waals surface area contributed by atoms with Crippen molar-refractivity contribution in [3.63, 3.8) is 0 Å². The van der Waals surface area contributed by atoms with E-state index >= 15 is 0 Å². The summed E-state index contributed by atoms with van der Waals surface area (Å²) in [4.78, 5) is 25.1. The summed E-state index contributed by atoms with van der Waals surface area (Å²) in [6.07, 6.45) is 2.38. The number of benzene rings is 4. The minimum absolute atomic E-state index is 0.146. The van der Waals surface area contributed by atoms with Crippen molar-refractivity contribution >= 4 is 11.9 Å². The fourth-order valence-corrected chi connectivity index (χ4v) is 5.65. The molecule has 0 spiro atoms. The maximum atomic E-state index is 12.6. The molecule has 2 atom stereocenters. The molecule has 0 bridgehead atoms. The summed E-state index contributed by atoms with van der Waals surface area (Å²) in [7, 11) is 3.29. The predicted molar refractivity (Wildman–Crippen MR) is 211 cm³/mol. The van der Waals surface area contributed by atoms with Crippen LogP contribution in [-0.2, 0) is 34.0 Å². The highest BCUT2D eigenvalue weighted by atomic mass is 16.6. The third-order valence-corrected chi connectivity index (χ3v) is 8.94. The van der Waals surface area contributed by atoms with Crippen LogP contribution in [0.5, 0.6) is 23.0 Å². The van der Waals surface area contributed by atoms with E-state index in [9.17, 15) is 9.59 Å². The minimum atomic E-state index is -0.586. The van der Waals surface area contributed by atoms with E-state index in [1.54, 1.807) is 14.2 Å². The molecular weight excluding hydrogens is 700 g/mol. The van der Waals surface area contributed by atoms with Gasteiger partial charge in [-0.1, -0.05) is 74.5 Å². The second kappa shape index (κ2) is 23.7. The Morgan fingerprint density at radius 2 is 0.800 bits per heavy atom. The fraction of sp³-hybridized carbons (Fsp3) is 0.422. The van der Waals surface area contributed by atoms with Gasteiger partial charge in [-0.25, -0.2) is 0 Å². The largest absolute Gasteiger partial charge is 0.490 e. The summed E-state index contributed by atoms with van der Waals surface area (Å²) >= 11 is 0. The average Bonchev–Trinajstić information content (AvgIpc) is 3.21. The topological polar surface area (TPSA) is 108 Å². The number of methoxy groups -OCH3 is 2. The zero-order valence-electron chi connectivity index (χ0n) is 32.6. The third-order valence-electron chi connectivity index (χ3n) is 8.94. The van der Waals surface area contributed by atoms with Crippen LogP contribution in [0, 0.1) is 0 Å². The summed E-state index contributed by atoms with van der Waals surface area (Å²) < 4.78 is 45.6. The lowest BCUT2D eigenvalue weighted by Gasteiger charge is -2.27. The van der Waals surface area contributed by atoms with E-state index in [1.165, 1.54) is 0 Å². The average molecular weight is 757 g/mol. The number of rotatable bonds is 26. The van der Waals surface area contributed by atoms with E-state index in [0.29, 0.717) is 61.9 Å². The van der Waals surface area contributed by atoms with Gasteiger partial charge in [0.15, 0.2) is 12.2 Å². The molecule has 55 heavy (non-hydrogen) atoms. The van der Waals surface area contributed by atoms with Gasteiger partial charge >= 0.3 is 11.9 Å². The summed E-state index contributed by atoms with van der Waals surface area (Å²) in [6.45, 7) is 6.15. The molecule has 0 amide bonds. The van der Waals surface area contributed by atoms with E-state index in [1.807, 2.05) is 109 Å². The summed E-state index contributed by atoms with van der Waals surface area (Å²) in [5, 5.41) is 0. The maximum absolute atomic E-state index is 12.6. The Hall–Kier alpha value is -5.06. The second-order valence-corrected chi connectivity index (χ2v) is 13.7. The van der Waals surface area contributed by atoms with Crippen molar-refractivity contribution in [1.82, 2.24) is 0 Å². The van der Waals surface area contributed by atoms with Crippen molar-refractivity contribution in [2.45, 2.75) is 70.0 Å². The summed E-state index contributed by atoms with van der Waals surface area (Å²) in [5.74, 6) is 2.12. The van der Waals surface area contributed by atoms with Crippen molar-refractivity contribution in [1.29, 1.82) is 0 Å². The normalized spacial score (nSPS) is 12.3. The van der Waals surface area contributed by atoms with Crippen LogP contribution in [0.2, 0.25) is 0 Å². The van der Waals surface area contributed by atoms with Gasteiger partial charge in [0.1, 0.15) is 49.4 Å². The maximum Gasteiger partial charge on any atom is 0.306 e. The number of carbonyl (C=O) groups is 2. The van der Waals surface area contributed by atoms with Crippen LogP contribution in [0.25, 0.3) is 0 Å². The number of hydrogen-bond donors (Lipinski definition) is 0. The Morgan fingerprint density at radius 3 is 1.13 bits per heavy atom. The molecule has 10 nitrogen and oxygen atoms in total. The second-order valence-electron chi connectivity index (χ2n) is 13.7. The first-order valence-electron chi connectivity index (χ1n) is 19.0. The van der Waals surface area contributed by atoms with E-state index in [0.717, 1.165) is 24.0 Å². The Kier molecular flexibility index (Phi) is 18.4. The van der Waals surface area contributed by atoms with Crippen molar-refractivity contribution in [2.24, 2.45) is 0 Å². The number of esters is 2. The van der Waals surface area contributed by atoms with Gasteiger partial charge in [-0.3, -0.25) is 9.59 Å². The highest BCUT2D eigenvalue weighted by molar-refractivity contribution is 5.69. The van der Waals surface area contributed by atoms with E-state index in [4.69, 9.17) is 37.9 Å². The Balaban J connectivity index is 1.32. The number of ether oxygens (including phenoxy) is 8. The number of para-hydroxylation sites is 2. The van der Waals surface area contributed by atoms with Gasteiger partial charge in [-0.05, 0) is 85.3 Å². The standard InChI is InChI=1S/C45H56O10/c1-45(2,35-21-25-39(26-22-35)52-33-41(31-50-37-15-7-5-8-16-37)54-43(46)19-11-13-29-48-3)36-23-27-40(28-24-36)53-34-42(32-51-38-17-9-6-10-18-38)55-44(47)20-12-14-30-49-4/h5-10,15-18,21-28,41-42H,11-14,19-20,29-34H2,1-4H3. The smallest absolute Gasteiger partial charge is 0.306 e. The fourth-order valence-electron chi connectivity index (χ4n) is 5.65. The Labute approximate surface area is 325 Å². The van der Waals surface area contributed by atoms with Gasteiger partial charge in [-0.2, -0.15) is 0 Å². The zero-order chi connectivity index (χ0) is 39.1. The van der Waals surface area contributed by atoms with Crippen LogP contribution in [0.15, 0.2) is 109 Å². The molecule has 0 heterocycles.